The normalized spacial score (nSPS) is 18.3. The number of aryl methyl sites for hydroxylation is 1. The predicted octanol–water partition coefficient (Wildman–Crippen LogP) is 2.90. The molecule has 28 heavy (non-hydrogen) atoms. The maximum Gasteiger partial charge on any atom is 0.339 e. The third-order valence-electron chi connectivity index (χ3n) is 5.62. The van der Waals surface area contributed by atoms with Gasteiger partial charge in [-0.3, -0.25) is 14.6 Å². The first-order valence-electron chi connectivity index (χ1n) is 9.54. The Morgan fingerprint density at radius 3 is 2.93 bits per heavy atom. The number of rotatable bonds is 3. The van der Waals surface area contributed by atoms with Gasteiger partial charge in [0.2, 0.25) is 5.91 Å². The molecular weight excluding hydrogens is 356 g/mol. The molecule has 2 heterocycles. The number of carbonyl (C=O) groups is 2. The van der Waals surface area contributed by atoms with Crippen LogP contribution in [0.1, 0.15) is 42.0 Å². The first-order valence-corrected chi connectivity index (χ1v) is 9.54. The fraction of sp³-hybridized carbons (Fsp3) is 0.381. The zero-order valence-electron chi connectivity index (χ0n) is 16.1. The number of aromatic nitrogens is 1. The van der Waals surface area contributed by atoms with Crippen LogP contribution in [-0.2, 0) is 22.5 Å². The molecule has 0 unspecified atom stereocenters. The second-order valence-corrected chi connectivity index (χ2v) is 7.28. The highest BCUT2D eigenvalue weighted by Gasteiger charge is 2.26. The Morgan fingerprint density at radius 2 is 2.11 bits per heavy atom. The average molecular weight is 380 g/mol. The van der Waals surface area contributed by atoms with Gasteiger partial charge in [-0.1, -0.05) is 6.07 Å². The van der Waals surface area contributed by atoms with Crippen molar-refractivity contribution in [3.8, 4) is 11.1 Å². The number of pyridine rings is 1. The SMILES string of the molecule is CONC(=O)N[C@@H]1CCCc2c(-c3ccc4c(c3)CCC(=O)N4C)cncc21. The fourth-order valence-corrected chi connectivity index (χ4v) is 4.22. The molecule has 0 spiro atoms. The summed E-state index contributed by atoms with van der Waals surface area (Å²) in [6.45, 7) is 0. The molecule has 1 aliphatic carbocycles. The lowest BCUT2D eigenvalue weighted by Crippen LogP contribution is -2.38. The Labute approximate surface area is 164 Å². The van der Waals surface area contributed by atoms with Gasteiger partial charge in [-0.15, -0.1) is 0 Å². The van der Waals surface area contributed by atoms with Crippen LogP contribution >= 0.6 is 0 Å². The van der Waals surface area contributed by atoms with Crippen molar-refractivity contribution >= 4 is 17.6 Å². The summed E-state index contributed by atoms with van der Waals surface area (Å²) in [5, 5.41) is 2.96. The van der Waals surface area contributed by atoms with Crippen LogP contribution in [0.15, 0.2) is 30.6 Å². The topological polar surface area (TPSA) is 83.6 Å². The van der Waals surface area contributed by atoms with Gasteiger partial charge in [0.05, 0.1) is 13.2 Å². The zero-order chi connectivity index (χ0) is 19.7. The molecule has 7 heteroatoms. The second kappa shape index (κ2) is 7.59. The van der Waals surface area contributed by atoms with Crippen molar-refractivity contribution in [3.05, 3.63) is 47.3 Å². The van der Waals surface area contributed by atoms with E-state index in [1.54, 1.807) is 4.90 Å². The van der Waals surface area contributed by atoms with E-state index >= 15 is 0 Å². The van der Waals surface area contributed by atoms with Crippen LogP contribution in [0, 0.1) is 0 Å². The first kappa shape index (κ1) is 18.4. The number of carbonyl (C=O) groups excluding carboxylic acids is 2. The molecule has 0 bridgehead atoms. The van der Waals surface area contributed by atoms with E-state index in [4.69, 9.17) is 0 Å². The summed E-state index contributed by atoms with van der Waals surface area (Å²) in [5.41, 5.74) is 8.95. The van der Waals surface area contributed by atoms with Gasteiger partial charge in [-0.05, 0) is 60.1 Å². The summed E-state index contributed by atoms with van der Waals surface area (Å²) < 4.78 is 0. The van der Waals surface area contributed by atoms with E-state index in [1.165, 1.54) is 18.2 Å². The van der Waals surface area contributed by atoms with E-state index in [9.17, 15) is 9.59 Å². The minimum atomic E-state index is -0.354. The number of fused-ring (bicyclic) bond motifs is 2. The molecule has 2 aromatic rings. The van der Waals surface area contributed by atoms with Gasteiger partial charge in [0, 0.05) is 37.1 Å². The van der Waals surface area contributed by atoms with Crippen LogP contribution in [-0.4, -0.2) is 31.1 Å². The Hall–Kier alpha value is -2.93. The summed E-state index contributed by atoms with van der Waals surface area (Å²) in [4.78, 5) is 34.7. The number of nitrogens with zero attached hydrogens (tertiary/aromatic N) is 2. The number of hydrogen-bond donors (Lipinski definition) is 2. The molecule has 3 amide bonds. The maximum absolute atomic E-state index is 11.9. The molecule has 1 aromatic heterocycles. The van der Waals surface area contributed by atoms with Gasteiger partial charge in [0.15, 0.2) is 0 Å². The smallest absolute Gasteiger partial charge is 0.330 e. The van der Waals surface area contributed by atoms with Crippen LogP contribution in [0.2, 0.25) is 0 Å². The molecule has 146 valence electrons. The monoisotopic (exact) mass is 380 g/mol. The summed E-state index contributed by atoms with van der Waals surface area (Å²) in [6, 6.07) is 5.80. The summed E-state index contributed by atoms with van der Waals surface area (Å²) in [5.74, 6) is 0.155. The van der Waals surface area contributed by atoms with Crippen molar-refractivity contribution in [1.82, 2.24) is 15.8 Å². The lowest BCUT2D eigenvalue weighted by Gasteiger charge is -2.29. The number of anilines is 1. The van der Waals surface area contributed by atoms with Gasteiger partial charge in [0.1, 0.15) is 0 Å². The highest BCUT2D eigenvalue weighted by Crippen LogP contribution is 2.37. The number of nitrogens with one attached hydrogen (secondary N) is 2. The van der Waals surface area contributed by atoms with Crippen LogP contribution in [0.25, 0.3) is 11.1 Å². The van der Waals surface area contributed by atoms with Crippen LogP contribution in [0.5, 0.6) is 0 Å². The Kier molecular flexibility index (Phi) is 5.00. The van der Waals surface area contributed by atoms with Crippen molar-refractivity contribution in [2.75, 3.05) is 19.1 Å². The van der Waals surface area contributed by atoms with Crippen LogP contribution in [0.4, 0.5) is 10.5 Å². The number of hydrogen-bond acceptors (Lipinski definition) is 4. The number of hydroxylamine groups is 1. The number of benzene rings is 1. The molecule has 0 radical (unpaired) electrons. The Bertz CT molecular complexity index is 928. The molecule has 2 aliphatic rings. The first-order chi connectivity index (χ1) is 13.6. The third-order valence-corrected chi connectivity index (χ3v) is 5.62. The maximum atomic E-state index is 11.9. The largest absolute Gasteiger partial charge is 0.339 e. The van der Waals surface area contributed by atoms with E-state index in [0.717, 1.165) is 48.1 Å². The lowest BCUT2D eigenvalue weighted by atomic mass is 9.84. The highest BCUT2D eigenvalue weighted by atomic mass is 16.6. The predicted molar refractivity (Wildman–Crippen MR) is 106 cm³/mol. The highest BCUT2D eigenvalue weighted by molar-refractivity contribution is 5.96. The molecule has 1 atom stereocenters. The fourth-order valence-electron chi connectivity index (χ4n) is 4.22. The van der Waals surface area contributed by atoms with Gasteiger partial charge in [-0.25, -0.2) is 10.3 Å². The van der Waals surface area contributed by atoms with E-state index in [-0.39, 0.29) is 18.0 Å². The molecular formula is C21H24N4O3. The molecule has 1 aromatic carbocycles. The summed E-state index contributed by atoms with van der Waals surface area (Å²) in [7, 11) is 3.24. The zero-order valence-corrected chi connectivity index (χ0v) is 16.1. The quantitative estimate of drug-likeness (QED) is 0.802. The van der Waals surface area contributed by atoms with E-state index < -0.39 is 0 Å². The van der Waals surface area contributed by atoms with Gasteiger partial charge < -0.3 is 10.2 Å². The molecule has 7 nitrogen and oxygen atoms in total. The Balaban J connectivity index is 1.69. The third kappa shape index (κ3) is 3.33. The van der Waals surface area contributed by atoms with Crippen molar-refractivity contribution in [3.63, 3.8) is 0 Å². The molecule has 1 aliphatic heterocycles. The van der Waals surface area contributed by atoms with E-state index in [2.05, 4.69) is 32.8 Å². The van der Waals surface area contributed by atoms with Gasteiger partial charge in [-0.2, -0.15) is 0 Å². The Morgan fingerprint density at radius 1 is 1.25 bits per heavy atom. The lowest BCUT2D eigenvalue weighted by molar-refractivity contribution is -0.118. The van der Waals surface area contributed by atoms with Crippen molar-refractivity contribution in [2.45, 2.75) is 38.1 Å². The second-order valence-electron chi connectivity index (χ2n) is 7.28. The summed E-state index contributed by atoms with van der Waals surface area (Å²) >= 11 is 0. The van der Waals surface area contributed by atoms with Crippen molar-refractivity contribution in [1.29, 1.82) is 0 Å². The molecule has 0 saturated heterocycles. The standard InChI is InChI=1S/C21H24N4O3/c1-25-19-8-6-13(10-14(19)7-9-20(25)26)16-11-22-12-17-15(16)4-3-5-18(17)23-21(27)24-28-2/h6,8,10-12,18H,3-5,7,9H2,1-2H3,(H2,23,24,27)/t18-/m1/s1. The average Bonchev–Trinajstić information content (AvgIpc) is 2.70. The number of urea groups is 1. The molecule has 2 N–H and O–H groups in total. The van der Waals surface area contributed by atoms with Crippen molar-refractivity contribution < 1.29 is 14.4 Å². The van der Waals surface area contributed by atoms with Gasteiger partial charge >= 0.3 is 6.03 Å². The minimum absolute atomic E-state index is 0.0901. The molecule has 0 fully saturated rings. The summed E-state index contributed by atoms with van der Waals surface area (Å²) in [6.07, 6.45) is 7.86. The van der Waals surface area contributed by atoms with E-state index in [0.29, 0.717) is 6.42 Å². The molecule has 0 saturated carbocycles. The minimum Gasteiger partial charge on any atom is -0.330 e. The van der Waals surface area contributed by atoms with Crippen LogP contribution < -0.4 is 15.7 Å². The van der Waals surface area contributed by atoms with Crippen LogP contribution in [0.3, 0.4) is 0 Å². The molecule has 4 rings (SSSR count). The number of amides is 3. The van der Waals surface area contributed by atoms with E-state index in [1.807, 2.05) is 25.5 Å². The van der Waals surface area contributed by atoms with Gasteiger partial charge in [0.25, 0.3) is 0 Å². The van der Waals surface area contributed by atoms with Crippen molar-refractivity contribution in [2.24, 2.45) is 0 Å².